The van der Waals surface area contributed by atoms with Crippen molar-refractivity contribution in [3.05, 3.63) is 27.1 Å². The molecule has 22 heavy (non-hydrogen) atoms. The first-order valence-electron chi connectivity index (χ1n) is 7.87. The quantitative estimate of drug-likeness (QED) is 0.941. The van der Waals surface area contributed by atoms with Crippen LogP contribution in [0.4, 0.5) is 0 Å². The van der Waals surface area contributed by atoms with Crippen LogP contribution in [0.3, 0.4) is 0 Å². The van der Waals surface area contributed by atoms with Gasteiger partial charge in [-0.25, -0.2) is 4.98 Å². The average Bonchev–Trinajstić information content (AvgIpc) is 3.12. The van der Waals surface area contributed by atoms with Crippen molar-refractivity contribution in [2.24, 2.45) is 0 Å². The van der Waals surface area contributed by atoms with Crippen LogP contribution in [0.2, 0.25) is 0 Å². The molecule has 3 rings (SSSR count). The van der Waals surface area contributed by atoms with Crippen LogP contribution in [0.25, 0.3) is 10.2 Å². The second kappa shape index (κ2) is 6.20. The molecule has 2 heterocycles. The predicted molar refractivity (Wildman–Crippen MR) is 88.4 cm³/mol. The fourth-order valence-electron chi connectivity index (χ4n) is 3.01. The molecule has 0 saturated heterocycles. The van der Waals surface area contributed by atoms with Gasteiger partial charge in [-0.2, -0.15) is 0 Å². The number of carbonyl (C=O) groups is 1. The molecule has 1 fully saturated rings. The number of rotatable bonds is 4. The Bertz CT molecular complexity index is 757. The lowest BCUT2D eigenvalue weighted by Crippen LogP contribution is -2.38. The maximum absolute atomic E-state index is 12.6. The first-order valence-corrected chi connectivity index (χ1v) is 8.69. The van der Waals surface area contributed by atoms with E-state index < -0.39 is 0 Å². The van der Waals surface area contributed by atoms with Gasteiger partial charge in [0.05, 0.1) is 5.39 Å². The van der Waals surface area contributed by atoms with Crippen molar-refractivity contribution >= 4 is 27.5 Å². The van der Waals surface area contributed by atoms with E-state index in [4.69, 9.17) is 0 Å². The highest BCUT2D eigenvalue weighted by Gasteiger charge is 2.19. The molecular weight excluding hydrogens is 298 g/mol. The monoisotopic (exact) mass is 319 g/mol. The lowest BCUT2D eigenvalue weighted by atomic mass is 10.2. The Balaban J connectivity index is 1.86. The van der Waals surface area contributed by atoms with E-state index in [1.165, 1.54) is 17.4 Å². The zero-order valence-electron chi connectivity index (χ0n) is 13.0. The van der Waals surface area contributed by atoms with E-state index in [9.17, 15) is 9.59 Å². The summed E-state index contributed by atoms with van der Waals surface area (Å²) in [7, 11) is 0. The van der Waals surface area contributed by atoms with E-state index in [0.29, 0.717) is 11.2 Å². The number of hydrogen-bond acceptors (Lipinski definition) is 4. The molecule has 0 radical (unpaired) electrons. The molecule has 2 aromatic rings. The summed E-state index contributed by atoms with van der Waals surface area (Å²) < 4.78 is 1.48. The first-order chi connectivity index (χ1) is 10.6. The Labute approximate surface area is 133 Å². The molecule has 0 aromatic carbocycles. The number of aryl methyl sites for hydroxylation is 2. The molecule has 0 unspecified atom stereocenters. The third kappa shape index (κ3) is 2.92. The van der Waals surface area contributed by atoms with Gasteiger partial charge in [0, 0.05) is 10.9 Å². The van der Waals surface area contributed by atoms with Gasteiger partial charge in [-0.3, -0.25) is 14.2 Å². The van der Waals surface area contributed by atoms with Crippen LogP contribution >= 0.6 is 11.3 Å². The number of hydrogen-bond donors (Lipinski definition) is 1. The summed E-state index contributed by atoms with van der Waals surface area (Å²) in [6, 6.07) is 2.17. The van der Waals surface area contributed by atoms with Gasteiger partial charge >= 0.3 is 0 Å². The SMILES string of the molecule is CCc1cc2c(=O)n(CC(=O)NC3CCCC3)c(C)nc2s1. The van der Waals surface area contributed by atoms with Gasteiger partial charge in [0.1, 0.15) is 17.2 Å². The molecule has 1 saturated carbocycles. The number of fused-ring (bicyclic) bond motifs is 1. The predicted octanol–water partition coefficient (Wildman–Crippen LogP) is 2.39. The van der Waals surface area contributed by atoms with E-state index in [0.717, 1.165) is 29.0 Å². The maximum atomic E-state index is 12.6. The van der Waals surface area contributed by atoms with E-state index >= 15 is 0 Å². The van der Waals surface area contributed by atoms with Crippen LogP contribution in [0, 0.1) is 6.92 Å². The molecule has 118 valence electrons. The molecule has 0 aliphatic heterocycles. The van der Waals surface area contributed by atoms with Gasteiger partial charge in [-0.1, -0.05) is 19.8 Å². The van der Waals surface area contributed by atoms with Crippen LogP contribution < -0.4 is 10.9 Å². The highest BCUT2D eigenvalue weighted by molar-refractivity contribution is 7.18. The van der Waals surface area contributed by atoms with Crippen LogP contribution in [0.5, 0.6) is 0 Å². The molecule has 5 nitrogen and oxygen atoms in total. The van der Waals surface area contributed by atoms with Gasteiger partial charge in [0.15, 0.2) is 0 Å². The molecule has 2 aromatic heterocycles. The topological polar surface area (TPSA) is 64.0 Å². The van der Waals surface area contributed by atoms with Crippen LogP contribution in [-0.4, -0.2) is 21.5 Å². The average molecular weight is 319 g/mol. The minimum Gasteiger partial charge on any atom is -0.352 e. The largest absolute Gasteiger partial charge is 0.352 e. The number of thiophene rings is 1. The first kappa shape index (κ1) is 15.2. The molecule has 0 atom stereocenters. The third-order valence-electron chi connectivity index (χ3n) is 4.26. The standard InChI is InChI=1S/C16H21N3O2S/c1-3-12-8-13-15(22-12)17-10(2)19(16(13)21)9-14(20)18-11-6-4-5-7-11/h8,11H,3-7,9H2,1-2H3,(H,18,20). The molecule has 0 spiro atoms. The Morgan fingerprint density at radius 1 is 1.45 bits per heavy atom. The zero-order valence-corrected chi connectivity index (χ0v) is 13.8. The lowest BCUT2D eigenvalue weighted by molar-refractivity contribution is -0.122. The summed E-state index contributed by atoms with van der Waals surface area (Å²) in [6.07, 6.45) is 5.32. The molecule has 6 heteroatoms. The maximum Gasteiger partial charge on any atom is 0.262 e. The van der Waals surface area contributed by atoms with Crippen LogP contribution in [0.15, 0.2) is 10.9 Å². The Morgan fingerprint density at radius 3 is 2.86 bits per heavy atom. The summed E-state index contributed by atoms with van der Waals surface area (Å²) >= 11 is 1.55. The van der Waals surface area contributed by atoms with Crippen molar-refractivity contribution in [3.8, 4) is 0 Å². The summed E-state index contributed by atoms with van der Waals surface area (Å²) in [5.41, 5.74) is -0.111. The van der Waals surface area contributed by atoms with E-state index in [2.05, 4.69) is 17.2 Å². The number of aromatic nitrogens is 2. The van der Waals surface area contributed by atoms with Crippen molar-refractivity contribution in [3.63, 3.8) is 0 Å². The number of carbonyl (C=O) groups excluding carboxylic acids is 1. The smallest absolute Gasteiger partial charge is 0.262 e. The molecule has 1 aliphatic carbocycles. The zero-order chi connectivity index (χ0) is 15.7. The van der Waals surface area contributed by atoms with Crippen molar-refractivity contribution in [1.82, 2.24) is 14.9 Å². The Morgan fingerprint density at radius 2 is 2.18 bits per heavy atom. The second-order valence-electron chi connectivity index (χ2n) is 5.88. The summed E-state index contributed by atoms with van der Waals surface area (Å²) in [4.78, 5) is 31.2. The van der Waals surface area contributed by atoms with Crippen molar-refractivity contribution in [1.29, 1.82) is 0 Å². The lowest BCUT2D eigenvalue weighted by Gasteiger charge is -2.14. The van der Waals surface area contributed by atoms with Gasteiger partial charge in [-0.05, 0) is 32.3 Å². The summed E-state index contributed by atoms with van der Waals surface area (Å²) in [5, 5.41) is 3.65. The molecule has 0 bridgehead atoms. The van der Waals surface area contributed by atoms with Gasteiger partial charge in [-0.15, -0.1) is 11.3 Å². The third-order valence-corrected chi connectivity index (χ3v) is 5.44. The molecule has 1 aliphatic rings. The Hall–Kier alpha value is -1.69. The van der Waals surface area contributed by atoms with Crippen molar-refractivity contribution < 1.29 is 4.79 Å². The normalized spacial score (nSPS) is 15.5. The van der Waals surface area contributed by atoms with Crippen LogP contribution in [0.1, 0.15) is 43.3 Å². The summed E-state index contributed by atoms with van der Waals surface area (Å²) in [5.74, 6) is 0.507. The number of amides is 1. The van der Waals surface area contributed by atoms with Gasteiger partial charge in [0.2, 0.25) is 5.91 Å². The van der Waals surface area contributed by atoms with Gasteiger partial charge in [0.25, 0.3) is 5.56 Å². The summed E-state index contributed by atoms with van der Waals surface area (Å²) in [6.45, 7) is 3.90. The van der Waals surface area contributed by atoms with Crippen molar-refractivity contribution in [2.75, 3.05) is 0 Å². The molecule has 1 amide bonds. The second-order valence-corrected chi connectivity index (χ2v) is 7.00. The van der Waals surface area contributed by atoms with Crippen LogP contribution in [-0.2, 0) is 17.8 Å². The fraction of sp³-hybridized carbons (Fsp3) is 0.562. The number of nitrogens with zero attached hydrogens (tertiary/aromatic N) is 2. The minimum atomic E-state index is -0.111. The van der Waals surface area contributed by atoms with E-state index in [-0.39, 0.29) is 24.1 Å². The van der Waals surface area contributed by atoms with Crippen molar-refractivity contribution in [2.45, 2.75) is 58.5 Å². The minimum absolute atomic E-state index is 0.0570. The number of nitrogens with one attached hydrogen (secondary N) is 1. The van der Waals surface area contributed by atoms with E-state index in [1.54, 1.807) is 18.3 Å². The Kier molecular flexibility index (Phi) is 4.29. The fourth-order valence-corrected chi connectivity index (χ4v) is 4.02. The highest BCUT2D eigenvalue weighted by atomic mass is 32.1. The van der Waals surface area contributed by atoms with Gasteiger partial charge < -0.3 is 5.32 Å². The highest BCUT2D eigenvalue weighted by Crippen LogP contribution is 2.22. The molecule has 1 N–H and O–H groups in total. The molecular formula is C16H21N3O2S. The van der Waals surface area contributed by atoms with E-state index in [1.807, 2.05) is 6.07 Å².